The van der Waals surface area contributed by atoms with E-state index in [4.69, 9.17) is 4.74 Å². The molecular formula is C20H23N3O4S. The maximum absolute atomic E-state index is 13.1. The van der Waals surface area contributed by atoms with Gasteiger partial charge in [-0.2, -0.15) is 4.31 Å². The maximum Gasteiger partial charge on any atom is 0.265 e. The molecule has 1 fully saturated rings. The molecule has 0 saturated carbocycles. The van der Waals surface area contributed by atoms with E-state index in [1.807, 2.05) is 24.3 Å². The number of amides is 1. The first-order valence-corrected chi connectivity index (χ1v) is 10.8. The smallest absolute Gasteiger partial charge is 0.265 e. The summed E-state index contributed by atoms with van der Waals surface area (Å²) in [6, 6.07) is 14.1. The maximum atomic E-state index is 13.1. The van der Waals surface area contributed by atoms with Crippen molar-refractivity contribution in [1.29, 1.82) is 0 Å². The molecule has 2 aliphatic rings. The molecule has 7 nitrogen and oxygen atoms in total. The second-order valence-corrected chi connectivity index (χ2v) is 8.86. The number of ether oxygens (including phenoxy) is 1. The van der Waals surface area contributed by atoms with Gasteiger partial charge in [-0.3, -0.25) is 10.2 Å². The molecule has 0 unspecified atom stereocenters. The van der Waals surface area contributed by atoms with E-state index in [1.165, 1.54) is 15.9 Å². The zero-order valence-corrected chi connectivity index (χ0v) is 16.3. The highest BCUT2D eigenvalue weighted by molar-refractivity contribution is 7.89. The van der Waals surface area contributed by atoms with Crippen LogP contribution in [0.15, 0.2) is 53.4 Å². The van der Waals surface area contributed by atoms with Crippen LogP contribution in [0.4, 0.5) is 0 Å². The standard InChI is InChI=1S/C20H23N3O4S/c24-20(21-22-10-12-27-13-11-22)17-6-3-7-19(14-17)28(25,26)23-9-8-16-4-1-2-5-18(16)15-23/h1-7,14H,8-13,15H2,(H,21,24). The van der Waals surface area contributed by atoms with Gasteiger partial charge in [0.1, 0.15) is 0 Å². The predicted octanol–water partition coefficient (Wildman–Crippen LogP) is 1.41. The highest BCUT2D eigenvalue weighted by Gasteiger charge is 2.28. The number of carbonyl (C=O) groups is 1. The van der Waals surface area contributed by atoms with E-state index in [2.05, 4.69) is 5.43 Å². The van der Waals surface area contributed by atoms with Crippen LogP contribution in [0, 0.1) is 0 Å². The Bertz CT molecular complexity index is 971. The Hall–Kier alpha value is -2.26. The van der Waals surface area contributed by atoms with Crippen LogP contribution < -0.4 is 5.43 Å². The van der Waals surface area contributed by atoms with E-state index in [0.717, 1.165) is 5.56 Å². The molecule has 1 amide bonds. The minimum Gasteiger partial charge on any atom is -0.379 e. The van der Waals surface area contributed by atoms with Crippen molar-refractivity contribution in [2.24, 2.45) is 0 Å². The van der Waals surface area contributed by atoms with Crippen molar-refractivity contribution in [1.82, 2.24) is 14.7 Å². The number of hydrazine groups is 1. The number of fused-ring (bicyclic) bond motifs is 1. The van der Waals surface area contributed by atoms with Gasteiger partial charge in [0.25, 0.3) is 5.91 Å². The van der Waals surface area contributed by atoms with Crippen molar-refractivity contribution in [3.05, 3.63) is 65.2 Å². The van der Waals surface area contributed by atoms with Crippen LogP contribution in [-0.2, 0) is 27.7 Å². The van der Waals surface area contributed by atoms with Gasteiger partial charge in [-0.05, 0) is 35.7 Å². The second-order valence-electron chi connectivity index (χ2n) is 6.93. The number of carbonyl (C=O) groups excluding carboxylic acids is 1. The number of nitrogens with one attached hydrogen (secondary N) is 1. The minimum atomic E-state index is -3.67. The topological polar surface area (TPSA) is 79.0 Å². The molecule has 1 N–H and O–H groups in total. The molecule has 0 radical (unpaired) electrons. The number of benzene rings is 2. The first-order valence-electron chi connectivity index (χ1n) is 9.35. The largest absolute Gasteiger partial charge is 0.379 e. The van der Waals surface area contributed by atoms with Crippen LogP contribution >= 0.6 is 0 Å². The van der Waals surface area contributed by atoms with Crippen molar-refractivity contribution >= 4 is 15.9 Å². The van der Waals surface area contributed by atoms with Gasteiger partial charge in [0, 0.05) is 31.7 Å². The molecule has 2 heterocycles. The zero-order chi connectivity index (χ0) is 19.6. The number of nitrogens with zero attached hydrogens (tertiary/aromatic N) is 2. The van der Waals surface area contributed by atoms with Gasteiger partial charge in [0.15, 0.2) is 0 Å². The third-order valence-electron chi connectivity index (χ3n) is 5.10. The second kappa shape index (κ2) is 8.00. The predicted molar refractivity (Wildman–Crippen MR) is 104 cm³/mol. The molecule has 2 aromatic rings. The fourth-order valence-electron chi connectivity index (χ4n) is 3.51. The van der Waals surface area contributed by atoms with Gasteiger partial charge in [-0.1, -0.05) is 30.3 Å². The van der Waals surface area contributed by atoms with Crippen molar-refractivity contribution in [3.63, 3.8) is 0 Å². The lowest BCUT2D eigenvalue weighted by molar-refractivity contribution is 0.0126. The van der Waals surface area contributed by atoms with Gasteiger partial charge in [-0.25, -0.2) is 13.4 Å². The molecule has 0 spiro atoms. The molecule has 0 aromatic heterocycles. The average Bonchev–Trinajstić information content (AvgIpc) is 2.74. The molecule has 2 aromatic carbocycles. The van der Waals surface area contributed by atoms with E-state index in [-0.39, 0.29) is 10.8 Å². The number of rotatable bonds is 4. The summed E-state index contributed by atoms with van der Waals surface area (Å²) in [6.45, 7) is 3.12. The van der Waals surface area contributed by atoms with Crippen molar-refractivity contribution in [2.45, 2.75) is 17.9 Å². The molecule has 0 bridgehead atoms. The molecule has 148 valence electrons. The summed E-state index contributed by atoms with van der Waals surface area (Å²) >= 11 is 0. The van der Waals surface area contributed by atoms with E-state index in [9.17, 15) is 13.2 Å². The summed E-state index contributed by atoms with van der Waals surface area (Å²) in [5.41, 5.74) is 5.35. The molecule has 0 atom stereocenters. The van der Waals surface area contributed by atoms with Gasteiger partial charge in [0.05, 0.1) is 18.1 Å². The van der Waals surface area contributed by atoms with E-state index in [1.54, 1.807) is 23.2 Å². The summed E-state index contributed by atoms with van der Waals surface area (Å²) in [6.07, 6.45) is 0.687. The number of hydrogen-bond acceptors (Lipinski definition) is 5. The summed E-state index contributed by atoms with van der Waals surface area (Å²) in [5, 5.41) is 1.79. The number of hydrogen-bond donors (Lipinski definition) is 1. The zero-order valence-electron chi connectivity index (χ0n) is 15.5. The Labute approximate surface area is 164 Å². The Morgan fingerprint density at radius 2 is 1.71 bits per heavy atom. The van der Waals surface area contributed by atoms with Crippen LogP contribution in [0.1, 0.15) is 21.5 Å². The summed E-state index contributed by atoms with van der Waals surface area (Å²) in [5.74, 6) is -0.317. The quantitative estimate of drug-likeness (QED) is 0.838. The summed E-state index contributed by atoms with van der Waals surface area (Å²) in [4.78, 5) is 12.7. The lowest BCUT2D eigenvalue weighted by Crippen LogP contribution is -2.48. The van der Waals surface area contributed by atoms with E-state index in [0.29, 0.717) is 51.4 Å². The van der Waals surface area contributed by atoms with Crippen LogP contribution in [0.3, 0.4) is 0 Å². The Balaban J connectivity index is 1.52. The van der Waals surface area contributed by atoms with Gasteiger partial charge in [-0.15, -0.1) is 0 Å². The highest BCUT2D eigenvalue weighted by atomic mass is 32.2. The Morgan fingerprint density at radius 3 is 2.50 bits per heavy atom. The molecule has 8 heteroatoms. The van der Waals surface area contributed by atoms with Gasteiger partial charge in [0.2, 0.25) is 10.0 Å². The monoisotopic (exact) mass is 401 g/mol. The Kier molecular flexibility index (Phi) is 5.45. The highest BCUT2D eigenvalue weighted by Crippen LogP contribution is 2.25. The van der Waals surface area contributed by atoms with Gasteiger partial charge >= 0.3 is 0 Å². The Morgan fingerprint density at radius 1 is 0.964 bits per heavy atom. The fourth-order valence-corrected chi connectivity index (χ4v) is 4.97. The molecule has 1 saturated heterocycles. The van der Waals surface area contributed by atoms with Crippen molar-refractivity contribution in [3.8, 4) is 0 Å². The minimum absolute atomic E-state index is 0.140. The lowest BCUT2D eigenvalue weighted by atomic mass is 10.0. The van der Waals surface area contributed by atoms with Crippen molar-refractivity contribution < 1.29 is 17.9 Å². The third kappa shape index (κ3) is 3.95. The SMILES string of the molecule is O=C(NN1CCOCC1)c1cccc(S(=O)(=O)N2CCc3ccccc3C2)c1. The first-order chi connectivity index (χ1) is 13.5. The van der Waals surface area contributed by atoms with Crippen LogP contribution in [0.5, 0.6) is 0 Å². The number of sulfonamides is 1. The normalized spacial score (nSPS) is 18.4. The summed E-state index contributed by atoms with van der Waals surface area (Å²) < 4.78 is 33.0. The molecule has 0 aliphatic carbocycles. The average molecular weight is 401 g/mol. The van der Waals surface area contributed by atoms with Gasteiger partial charge < -0.3 is 4.74 Å². The number of morpholine rings is 1. The fraction of sp³-hybridized carbons (Fsp3) is 0.350. The molecular weight excluding hydrogens is 378 g/mol. The summed E-state index contributed by atoms with van der Waals surface area (Å²) in [7, 11) is -3.67. The van der Waals surface area contributed by atoms with E-state index < -0.39 is 10.0 Å². The lowest BCUT2D eigenvalue weighted by Gasteiger charge is -2.28. The third-order valence-corrected chi connectivity index (χ3v) is 6.94. The molecule has 2 aliphatic heterocycles. The van der Waals surface area contributed by atoms with Crippen LogP contribution in [0.25, 0.3) is 0 Å². The van der Waals surface area contributed by atoms with Crippen LogP contribution in [0.2, 0.25) is 0 Å². The molecule has 4 rings (SSSR count). The van der Waals surface area contributed by atoms with E-state index >= 15 is 0 Å². The first kappa shape index (κ1) is 19.1. The van der Waals surface area contributed by atoms with Crippen LogP contribution in [-0.4, -0.2) is 56.5 Å². The molecule has 28 heavy (non-hydrogen) atoms. The van der Waals surface area contributed by atoms with Crippen molar-refractivity contribution in [2.75, 3.05) is 32.8 Å².